The summed E-state index contributed by atoms with van der Waals surface area (Å²) in [5.41, 5.74) is 1.30. The monoisotopic (exact) mass is 311 g/mol. The summed E-state index contributed by atoms with van der Waals surface area (Å²) < 4.78 is 5.68. The van der Waals surface area contributed by atoms with Crippen LogP contribution in [-0.2, 0) is 6.42 Å². The molecular formula is C18H21N3O2. The first kappa shape index (κ1) is 15.3. The summed E-state index contributed by atoms with van der Waals surface area (Å²) in [6.07, 6.45) is 3.66. The Hall–Kier alpha value is -2.56. The van der Waals surface area contributed by atoms with Crippen LogP contribution in [0.1, 0.15) is 12.0 Å². The fraction of sp³-hybridized carbons (Fsp3) is 0.333. The summed E-state index contributed by atoms with van der Waals surface area (Å²) >= 11 is 0. The van der Waals surface area contributed by atoms with Crippen molar-refractivity contribution in [3.63, 3.8) is 0 Å². The van der Waals surface area contributed by atoms with E-state index in [1.165, 1.54) is 5.56 Å². The Morgan fingerprint density at radius 3 is 2.70 bits per heavy atom. The number of nitrogens with one attached hydrogen (secondary N) is 1. The predicted octanol–water partition coefficient (Wildman–Crippen LogP) is 2.49. The first-order valence-corrected chi connectivity index (χ1v) is 7.95. The molecule has 1 aromatic carbocycles. The SMILES string of the molecule is O=C(NCCCc1ccccc1)N1CC(Oc2ccccn2)C1. The minimum Gasteiger partial charge on any atom is -0.471 e. The summed E-state index contributed by atoms with van der Waals surface area (Å²) in [5.74, 6) is 0.611. The molecule has 0 aliphatic carbocycles. The van der Waals surface area contributed by atoms with Crippen LogP contribution >= 0.6 is 0 Å². The lowest BCUT2D eigenvalue weighted by molar-refractivity contribution is 0.0414. The lowest BCUT2D eigenvalue weighted by Gasteiger charge is -2.38. The molecule has 1 aliphatic rings. The van der Waals surface area contributed by atoms with E-state index in [1.54, 1.807) is 11.1 Å². The number of aromatic nitrogens is 1. The van der Waals surface area contributed by atoms with Crippen LogP contribution in [0.3, 0.4) is 0 Å². The lowest BCUT2D eigenvalue weighted by Crippen LogP contribution is -2.59. The standard InChI is InChI=1S/C18H21N3O2/c22-18(20-12-6-9-15-7-2-1-3-8-15)21-13-16(14-21)23-17-10-4-5-11-19-17/h1-5,7-8,10-11,16H,6,9,12-14H2,(H,20,22). The third-order valence-corrected chi connectivity index (χ3v) is 3.82. The van der Waals surface area contributed by atoms with Gasteiger partial charge in [-0.25, -0.2) is 9.78 Å². The van der Waals surface area contributed by atoms with Crippen LogP contribution in [0.15, 0.2) is 54.7 Å². The minimum atomic E-state index is -0.0149. The van der Waals surface area contributed by atoms with Gasteiger partial charge >= 0.3 is 6.03 Å². The zero-order valence-corrected chi connectivity index (χ0v) is 13.0. The fourth-order valence-corrected chi connectivity index (χ4v) is 2.51. The summed E-state index contributed by atoms with van der Waals surface area (Å²) in [4.78, 5) is 17.9. The average molecular weight is 311 g/mol. The third kappa shape index (κ3) is 4.45. The van der Waals surface area contributed by atoms with Gasteiger partial charge in [-0.3, -0.25) is 0 Å². The fourth-order valence-electron chi connectivity index (χ4n) is 2.51. The highest BCUT2D eigenvalue weighted by Crippen LogP contribution is 2.15. The van der Waals surface area contributed by atoms with Crippen molar-refractivity contribution in [2.75, 3.05) is 19.6 Å². The topological polar surface area (TPSA) is 54.5 Å². The molecule has 2 aromatic rings. The number of carbonyl (C=O) groups excluding carboxylic acids is 1. The highest BCUT2D eigenvalue weighted by atomic mass is 16.5. The van der Waals surface area contributed by atoms with Gasteiger partial charge in [-0.1, -0.05) is 36.4 Å². The molecule has 0 atom stereocenters. The van der Waals surface area contributed by atoms with E-state index >= 15 is 0 Å². The van der Waals surface area contributed by atoms with E-state index in [-0.39, 0.29) is 12.1 Å². The molecule has 5 heteroatoms. The lowest BCUT2D eigenvalue weighted by atomic mass is 10.1. The number of likely N-dealkylation sites (tertiary alicyclic amines) is 1. The highest BCUT2D eigenvalue weighted by Gasteiger charge is 2.32. The summed E-state index contributed by atoms with van der Waals surface area (Å²) in [5, 5.41) is 2.96. The number of nitrogens with zero attached hydrogens (tertiary/aromatic N) is 2. The smallest absolute Gasteiger partial charge is 0.317 e. The summed E-state index contributed by atoms with van der Waals surface area (Å²) in [7, 11) is 0. The van der Waals surface area contributed by atoms with Crippen LogP contribution < -0.4 is 10.1 Å². The van der Waals surface area contributed by atoms with Gasteiger partial charge in [-0.2, -0.15) is 0 Å². The molecular weight excluding hydrogens is 290 g/mol. The second-order valence-electron chi connectivity index (χ2n) is 5.63. The van der Waals surface area contributed by atoms with Crippen molar-refractivity contribution in [2.24, 2.45) is 0 Å². The van der Waals surface area contributed by atoms with Gasteiger partial charge in [0, 0.05) is 18.8 Å². The average Bonchev–Trinajstić information content (AvgIpc) is 2.56. The number of aryl methyl sites for hydroxylation is 1. The molecule has 1 saturated heterocycles. The number of rotatable bonds is 6. The van der Waals surface area contributed by atoms with E-state index < -0.39 is 0 Å². The number of benzene rings is 1. The number of hydrogen-bond donors (Lipinski definition) is 1. The van der Waals surface area contributed by atoms with Crippen molar-refractivity contribution in [3.05, 3.63) is 60.3 Å². The van der Waals surface area contributed by atoms with Gasteiger partial charge in [-0.05, 0) is 24.5 Å². The highest BCUT2D eigenvalue weighted by molar-refractivity contribution is 5.75. The Kier molecular flexibility index (Phi) is 5.09. The maximum absolute atomic E-state index is 12.0. The molecule has 0 bridgehead atoms. The van der Waals surface area contributed by atoms with Crippen LogP contribution in [0.25, 0.3) is 0 Å². The van der Waals surface area contributed by atoms with Crippen molar-refractivity contribution in [2.45, 2.75) is 18.9 Å². The first-order chi connectivity index (χ1) is 11.3. The van der Waals surface area contributed by atoms with Gasteiger partial charge in [0.2, 0.25) is 5.88 Å². The molecule has 120 valence electrons. The normalized spacial score (nSPS) is 14.2. The van der Waals surface area contributed by atoms with E-state index in [2.05, 4.69) is 22.4 Å². The van der Waals surface area contributed by atoms with Gasteiger partial charge in [-0.15, -0.1) is 0 Å². The van der Waals surface area contributed by atoms with E-state index in [0.29, 0.717) is 25.5 Å². The Bertz CT molecular complexity index is 613. The van der Waals surface area contributed by atoms with Crippen LogP contribution in [0.2, 0.25) is 0 Å². The Labute approximate surface area is 136 Å². The molecule has 0 spiro atoms. The van der Waals surface area contributed by atoms with Crippen LogP contribution in [-0.4, -0.2) is 41.7 Å². The molecule has 1 fully saturated rings. The van der Waals surface area contributed by atoms with Crippen LogP contribution in [0.5, 0.6) is 5.88 Å². The number of urea groups is 1. The number of hydrogen-bond acceptors (Lipinski definition) is 3. The predicted molar refractivity (Wildman–Crippen MR) is 88.4 cm³/mol. The van der Waals surface area contributed by atoms with Gasteiger partial charge in [0.1, 0.15) is 6.10 Å². The van der Waals surface area contributed by atoms with Crippen molar-refractivity contribution >= 4 is 6.03 Å². The van der Waals surface area contributed by atoms with E-state index in [0.717, 1.165) is 12.8 Å². The molecule has 1 N–H and O–H groups in total. The van der Waals surface area contributed by atoms with Gasteiger partial charge in [0.15, 0.2) is 0 Å². The summed E-state index contributed by atoms with van der Waals surface area (Å²) in [6, 6.07) is 15.9. The molecule has 2 heterocycles. The van der Waals surface area contributed by atoms with Crippen LogP contribution in [0, 0.1) is 0 Å². The number of amides is 2. The van der Waals surface area contributed by atoms with Crippen molar-refractivity contribution in [1.82, 2.24) is 15.2 Å². The second-order valence-corrected chi connectivity index (χ2v) is 5.63. The number of carbonyl (C=O) groups is 1. The zero-order valence-electron chi connectivity index (χ0n) is 13.0. The van der Waals surface area contributed by atoms with Gasteiger partial charge in [0.05, 0.1) is 13.1 Å². The molecule has 23 heavy (non-hydrogen) atoms. The quantitative estimate of drug-likeness (QED) is 0.834. The molecule has 0 radical (unpaired) electrons. The molecule has 0 unspecified atom stereocenters. The Morgan fingerprint density at radius 2 is 1.96 bits per heavy atom. The largest absolute Gasteiger partial charge is 0.471 e. The molecule has 3 rings (SSSR count). The third-order valence-electron chi connectivity index (χ3n) is 3.82. The van der Waals surface area contributed by atoms with E-state index in [4.69, 9.17) is 4.74 Å². The summed E-state index contributed by atoms with van der Waals surface area (Å²) in [6.45, 7) is 1.91. The second kappa shape index (κ2) is 7.63. The molecule has 2 amide bonds. The zero-order chi connectivity index (χ0) is 15.9. The van der Waals surface area contributed by atoms with Gasteiger partial charge < -0.3 is 15.0 Å². The van der Waals surface area contributed by atoms with Crippen molar-refractivity contribution in [1.29, 1.82) is 0 Å². The first-order valence-electron chi connectivity index (χ1n) is 7.95. The maximum atomic E-state index is 12.0. The van der Waals surface area contributed by atoms with E-state index in [1.807, 2.05) is 36.4 Å². The Morgan fingerprint density at radius 1 is 1.17 bits per heavy atom. The number of ether oxygens (including phenoxy) is 1. The Balaban J connectivity index is 1.30. The van der Waals surface area contributed by atoms with E-state index in [9.17, 15) is 4.79 Å². The van der Waals surface area contributed by atoms with Crippen molar-refractivity contribution < 1.29 is 9.53 Å². The van der Waals surface area contributed by atoms with Crippen molar-refractivity contribution in [3.8, 4) is 5.88 Å². The number of pyridine rings is 1. The van der Waals surface area contributed by atoms with Crippen LogP contribution in [0.4, 0.5) is 4.79 Å². The molecule has 1 aliphatic heterocycles. The molecule has 0 saturated carbocycles. The molecule has 1 aromatic heterocycles. The minimum absolute atomic E-state index is 0.0149. The van der Waals surface area contributed by atoms with Gasteiger partial charge in [0.25, 0.3) is 0 Å². The molecule has 5 nitrogen and oxygen atoms in total. The maximum Gasteiger partial charge on any atom is 0.317 e.